The number of ether oxygens (including phenoxy) is 1. The minimum atomic E-state index is -4.54. The van der Waals surface area contributed by atoms with Crippen molar-refractivity contribution in [1.82, 2.24) is 4.98 Å². The quantitative estimate of drug-likeness (QED) is 0.580. The lowest BCUT2D eigenvalue weighted by molar-refractivity contribution is -0.137. The van der Waals surface area contributed by atoms with Crippen LogP contribution in [0.5, 0.6) is 11.6 Å². The van der Waals surface area contributed by atoms with Crippen LogP contribution >= 0.6 is 34.8 Å². The van der Waals surface area contributed by atoms with Crippen molar-refractivity contribution < 1.29 is 17.9 Å². The summed E-state index contributed by atoms with van der Waals surface area (Å²) in [7, 11) is 0. The summed E-state index contributed by atoms with van der Waals surface area (Å²) >= 11 is 18.3. The van der Waals surface area contributed by atoms with Gasteiger partial charge in [0.2, 0.25) is 5.88 Å². The predicted octanol–water partition coefficient (Wildman–Crippen LogP) is 6.45. The summed E-state index contributed by atoms with van der Waals surface area (Å²) in [5, 5.41) is 0.171. The van der Waals surface area contributed by atoms with Crippen molar-refractivity contribution in [2.45, 2.75) is 19.0 Å². The van der Waals surface area contributed by atoms with Crippen LogP contribution in [0, 0.1) is 0 Å². The molecule has 1 aromatic heterocycles. The Balaban J connectivity index is 1.88. The number of pyridine rings is 1. The molecule has 1 fully saturated rings. The second-order valence-electron chi connectivity index (χ2n) is 5.54. The molecular formula is C16H12Cl3F3N2O. The Bertz CT molecular complexity index is 770. The first kappa shape index (κ1) is 18.4. The molecular weight excluding hydrogens is 400 g/mol. The van der Waals surface area contributed by atoms with Gasteiger partial charge in [0.1, 0.15) is 5.02 Å². The lowest BCUT2D eigenvalue weighted by Gasteiger charge is -2.19. The molecule has 1 aromatic carbocycles. The average Bonchev–Trinajstić information content (AvgIpc) is 3.05. The summed E-state index contributed by atoms with van der Waals surface area (Å²) in [6.45, 7) is 1.83. The fourth-order valence-electron chi connectivity index (χ4n) is 2.55. The summed E-state index contributed by atoms with van der Waals surface area (Å²) in [5.74, 6) is -0.104. The molecule has 1 aliphatic rings. The van der Waals surface area contributed by atoms with Gasteiger partial charge in [-0.15, -0.1) is 0 Å². The number of hydrogen-bond donors (Lipinski definition) is 0. The number of alkyl halides is 3. The van der Waals surface area contributed by atoms with Crippen molar-refractivity contribution in [2.75, 3.05) is 18.0 Å². The molecule has 3 rings (SSSR count). The first-order valence-electron chi connectivity index (χ1n) is 7.40. The van der Waals surface area contributed by atoms with E-state index in [4.69, 9.17) is 39.5 Å². The van der Waals surface area contributed by atoms with Crippen LogP contribution in [-0.2, 0) is 6.18 Å². The number of rotatable bonds is 3. The van der Waals surface area contributed by atoms with Gasteiger partial charge in [-0.05, 0) is 31.0 Å². The van der Waals surface area contributed by atoms with Crippen LogP contribution in [0.15, 0.2) is 24.4 Å². The van der Waals surface area contributed by atoms with Crippen LogP contribution in [0.3, 0.4) is 0 Å². The predicted molar refractivity (Wildman–Crippen MR) is 92.2 cm³/mol. The fraction of sp³-hybridized carbons (Fsp3) is 0.312. The standard InChI is InChI=1S/C16H12Cl3F3N2O/c17-11-6-10(24-3-1-2-4-24)7-12(18)14(11)25-15-13(19)5-9(8-23-15)16(20,21)22/h5-8H,1-4H2. The minimum absolute atomic E-state index is 0.0976. The van der Waals surface area contributed by atoms with Gasteiger partial charge < -0.3 is 9.64 Å². The van der Waals surface area contributed by atoms with Crippen molar-refractivity contribution in [3.05, 3.63) is 45.0 Å². The van der Waals surface area contributed by atoms with E-state index in [1.165, 1.54) is 0 Å². The molecule has 0 atom stereocenters. The highest BCUT2D eigenvalue weighted by Crippen LogP contribution is 2.42. The molecule has 25 heavy (non-hydrogen) atoms. The lowest BCUT2D eigenvalue weighted by Crippen LogP contribution is -2.17. The van der Waals surface area contributed by atoms with Crippen molar-refractivity contribution in [2.24, 2.45) is 0 Å². The Kier molecular flexibility index (Phi) is 5.23. The Morgan fingerprint density at radius 1 is 0.960 bits per heavy atom. The van der Waals surface area contributed by atoms with Gasteiger partial charge in [-0.3, -0.25) is 0 Å². The van der Waals surface area contributed by atoms with Crippen LogP contribution < -0.4 is 9.64 Å². The number of benzene rings is 1. The molecule has 0 spiro atoms. The molecule has 0 N–H and O–H groups in total. The lowest BCUT2D eigenvalue weighted by atomic mass is 10.2. The highest BCUT2D eigenvalue weighted by Gasteiger charge is 2.32. The van der Waals surface area contributed by atoms with Crippen LogP contribution in [0.1, 0.15) is 18.4 Å². The van der Waals surface area contributed by atoms with Crippen LogP contribution in [0.25, 0.3) is 0 Å². The Labute approximate surface area is 157 Å². The summed E-state index contributed by atoms with van der Waals surface area (Å²) in [5.41, 5.74) is -0.0993. The van der Waals surface area contributed by atoms with Crippen molar-refractivity contribution in [3.8, 4) is 11.6 Å². The van der Waals surface area contributed by atoms with E-state index in [2.05, 4.69) is 9.88 Å². The van der Waals surface area contributed by atoms with Crippen molar-refractivity contribution in [3.63, 3.8) is 0 Å². The molecule has 0 amide bonds. The zero-order valence-corrected chi connectivity index (χ0v) is 15.0. The molecule has 0 saturated carbocycles. The summed E-state index contributed by atoms with van der Waals surface area (Å²) in [6.07, 6.45) is -1.71. The zero-order chi connectivity index (χ0) is 18.2. The van der Waals surface area contributed by atoms with Gasteiger partial charge in [0, 0.05) is 25.0 Å². The molecule has 0 unspecified atom stereocenters. The highest BCUT2D eigenvalue weighted by atomic mass is 35.5. The zero-order valence-electron chi connectivity index (χ0n) is 12.7. The number of aromatic nitrogens is 1. The van der Waals surface area contributed by atoms with E-state index >= 15 is 0 Å². The van der Waals surface area contributed by atoms with Gasteiger partial charge in [-0.1, -0.05) is 34.8 Å². The third-order valence-corrected chi connectivity index (χ3v) is 4.62. The smallest absolute Gasteiger partial charge is 0.417 e. The van der Waals surface area contributed by atoms with Gasteiger partial charge in [0.05, 0.1) is 15.6 Å². The van der Waals surface area contributed by atoms with E-state index in [1.807, 2.05) is 0 Å². The normalized spacial score (nSPS) is 14.9. The van der Waals surface area contributed by atoms with E-state index in [-0.39, 0.29) is 26.7 Å². The van der Waals surface area contributed by atoms with E-state index < -0.39 is 11.7 Å². The number of hydrogen-bond acceptors (Lipinski definition) is 3. The van der Waals surface area contributed by atoms with Crippen LogP contribution in [-0.4, -0.2) is 18.1 Å². The molecule has 1 saturated heterocycles. The average molecular weight is 412 g/mol. The van der Waals surface area contributed by atoms with Crippen molar-refractivity contribution >= 4 is 40.5 Å². The Morgan fingerprint density at radius 2 is 1.56 bits per heavy atom. The van der Waals surface area contributed by atoms with Gasteiger partial charge in [0.25, 0.3) is 0 Å². The van der Waals surface area contributed by atoms with E-state index in [0.717, 1.165) is 37.7 Å². The monoisotopic (exact) mass is 410 g/mol. The van der Waals surface area contributed by atoms with Gasteiger partial charge in [0.15, 0.2) is 5.75 Å². The first-order chi connectivity index (χ1) is 11.8. The van der Waals surface area contributed by atoms with Crippen molar-refractivity contribution in [1.29, 1.82) is 0 Å². The number of nitrogens with zero attached hydrogens (tertiary/aromatic N) is 2. The maximum atomic E-state index is 12.7. The summed E-state index contributed by atoms with van der Waals surface area (Å²) < 4.78 is 43.4. The summed E-state index contributed by atoms with van der Waals surface area (Å²) in [6, 6.07) is 4.14. The highest BCUT2D eigenvalue weighted by molar-refractivity contribution is 6.37. The van der Waals surface area contributed by atoms with Gasteiger partial charge in [-0.25, -0.2) is 4.98 Å². The molecule has 2 heterocycles. The van der Waals surface area contributed by atoms with Crippen LogP contribution in [0.4, 0.5) is 18.9 Å². The maximum absolute atomic E-state index is 12.7. The van der Waals surface area contributed by atoms with Gasteiger partial charge >= 0.3 is 6.18 Å². The minimum Gasteiger partial charge on any atom is -0.434 e. The fourth-order valence-corrected chi connectivity index (χ4v) is 3.31. The van der Waals surface area contributed by atoms with Gasteiger partial charge in [-0.2, -0.15) is 13.2 Å². The third kappa shape index (κ3) is 4.07. The molecule has 1 aliphatic heterocycles. The molecule has 0 aliphatic carbocycles. The maximum Gasteiger partial charge on any atom is 0.417 e. The first-order valence-corrected chi connectivity index (χ1v) is 8.53. The Hall–Kier alpha value is -1.37. The number of anilines is 1. The second kappa shape index (κ2) is 7.09. The van der Waals surface area contributed by atoms with E-state index in [1.54, 1.807) is 12.1 Å². The Morgan fingerprint density at radius 3 is 2.08 bits per heavy atom. The number of halogens is 6. The second-order valence-corrected chi connectivity index (χ2v) is 6.77. The molecule has 9 heteroatoms. The molecule has 0 bridgehead atoms. The topological polar surface area (TPSA) is 25.4 Å². The molecule has 2 aromatic rings. The molecule has 3 nitrogen and oxygen atoms in total. The summed E-state index contributed by atoms with van der Waals surface area (Å²) in [4.78, 5) is 5.76. The van der Waals surface area contributed by atoms with E-state index in [9.17, 15) is 13.2 Å². The largest absolute Gasteiger partial charge is 0.434 e. The molecule has 134 valence electrons. The molecule has 0 radical (unpaired) electrons. The SMILES string of the molecule is FC(F)(F)c1cnc(Oc2c(Cl)cc(N3CCCC3)cc2Cl)c(Cl)c1. The van der Waals surface area contributed by atoms with Crippen LogP contribution in [0.2, 0.25) is 15.1 Å². The van der Waals surface area contributed by atoms with E-state index in [0.29, 0.717) is 6.20 Å². The third-order valence-electron chi connectivity index (χ3n) is 3.79.